The third kappa shape index (κ3) is 3.96. The van der Waals surface area contributed by atoms with E-state index in [0.717, 1.165) is 21.9 Å². The van der Waals surface area contributed by atoms with Crippen molar-refractivity contribution in [3.05, 3.63) is 170 Å². The first kappa shape index (κ1) is 28.4. The van der Waals surface area contributed by atoms with Crippen LogP contribution < -0.4 is 15.7 Å². The van der Waals surface area contributed by atoms with Gasteiger partial charge in [0.2, 0.25) is 0 Å². The Labute approximate surface area is 304 Å². The topological polar surface area (TPSA) is 16.4 Å². The Morgan fingerprint density at radius 1 is 0.385 bits per heavy atom. The Morgan fingerprint density at radius 2 is 0.981 bits per heavy atom. The molecule has 0 saturated carbocycles. The molecule has 0 unspecified atom stereocenters. The second-order valence-corrected chi connectivity index (χ2v) is 15.1. The van der Waals surface area contributed by atoms with Crippen LogP contribution in [0.25, 0.3) is 86.6 Å². The molecular formula is C48H28BNOS. The minimum Gasteiger partial charge on any atom is -0.456 e. The Balaban J connectivity index is 1.02. The molecule has 12 rings (SSSR count). The molecule has 0 fully saturated rings. The van der Waals surface area contributed by atoms with E-state index in [4.69, 9.17) is 4.42 Å². The first-order chi connectivity index (χ1) is 25.8. The van der Waals surface area contributed by atoms with Crippen LogP contribution in [0.2, 0.25) is 0 Å². The van der Waals surface area contributed by atoms with Gasteiger partial charge in [-0.05, 0) is 105 Å². The summed E-state index contributed by atoms with van der Waals surface area (Å²) in [6.45, 7) is 0.0606. The summed E-state index contributed by atoms with van der Waals surface area (Å²) in [6, 6.07) is 62.7. The predicted octanol–water partition coefficient (Wildman–Crippen LogP) is 12.2. The molecule has 0 saturated heterocycles. The van der Waals surface area contributed by atoms with Crippen LogP contribution in [0.3, 0.4) is 0 Å². The van der Waals surface area contributed by atoms with Gasteiger partial charge in [-0.15, -0.1) is 11.3 Å². The number of thiophene rings is 1. The van der Waals surface area contributed by atoms with Crippen molar-refractivity contribution in [2.45, 2.75) is 0 Å². The number of benzene rings is 8. The molecule has 0 radical (unpaired) electrons. The Kier molecular flexibility index (Phi) is 5.77. The van der Waals surface area contributed by atoms with Gasteiger partial charge in [0.05, 0.1) is 0 Å². The third-order valence-electron chi connectivity index (χ3n) is 11.3. The van der Waals surface area contributed by atoms with Crippen LogP contribution in [0.15, 0.2) is 174 Å². The average Bonchev–Trinajstić information content (AvgIpc) is 3.78. The molecule has 4 heteroatoms. The van der Waals surface area contributed by atoms with Crippen molar-refractivity contribution in [2.75, 3.05) is 4.81 Å². The molecule has 2 aromatic heterocycles. The highest BCUT2D eigenvalue weighted by Crippen LogP contribution is 2.48. The van der Waals surface area contributed by atoms with E-state index in [1.807, 2.05) is 23.5 Å². The Bertz CT molecular complexity index is 2910. The van der Waals surface area contributed by atoms with E-state index in [1.54, 1.807) is 0 Å². The van der Waals surface area contributed by atoms with Gasteiger partial charge in [-0.3, -0.25) is 0 Å². The summed E-state index contributed by atoms with van der Waals surface area (Å²) < 4.78 is 8.83. The maximum absolute atomic E-state index is 6.16. The van der Waals surface area contributed by atoms with Crippen LogP contribution in [-0.2, 0) is 0 Å². The molecule has 0 amide bonds. The molecule has 10 aromatic rings. The summed E-state index contributed by atoms with van der Waals surface area (Å²) in [6.07, 6.45) is 0. The largest absolute Gasteiger partial charge is 0.456 e. The van der Waals surface area contributed by atoms with Gasteiger partial charge in [0, 0.05) is 53.4 Å². The zero-order valence-electron chi connectivity index (χ0n) is 28.0. The van der Waals surface area contributed by atoms with Crippen molar-refractivity contribution >= 4 is 82.6 Å². The number of anilines is 2. The van der Waals surface area contributed by atoms with E-state index in [1.165, 1.54) is 87.0 Å². The quantitative estimate of drug-likeness (QED) is 0.169. The van der Waals surface area contributed by atoms with E-state index in [2.05, 4.69) is 163 Å². The second kappa shape index (κ2) is 10.6. The van der Waals surface area contributed by atoms with Crippen molar-refractivity contribution in [1.29, 1.82) is 0 Å². The fraction of sp³-hybridized carbons (Fsp3) is 0. The fourth-order valence-corrected chi connectivity index (χ4v) is 9.99. The van der Waals surface area contributed by atoms with Crippen LogP contribution in [0.5, 0.6) is 0 Å². The van der Waals surface area contributed by atoms with E-state index < -0.39 is 0 Å². The molecule has 0 bridgehead atoms. The maximum atomic E-state index is 6.16. The highest BCUT2D eigenvalue weighted by molar-refractivity contribution is 7.25. The molecule has 240 valence electrons. The number of furan rings is 1. The van der Waals surface area contributed by atoms with E-state index in [0.29, 0.717) is 0 Å². The van der Waals surface area contributed by atoms with Crippen molar-refractivity contribution in [3.63, 3.8) is 0 Å². The lowest BCUT2D eigenvalue weighted by Crippen LogP contribution is -2.59. The molecule has 2 aliphatic rings. The summed E-state index contributed by atoms with van der Waals surface area (Å²) in [5, 5.41) is 4.96. The summed E-state index contributed by atoms with van der Waals surface area (Å²) in [7, 11) is 0. The van der Waals surface area contributed by atoms with Gasteiger partial charge in [-0.25, -0.2) is 0 Å². The average molecular weight is 678 g/mol. The van der Waals surface area contributed by atoms with Crippen molar-refractivity contribution in [2.24, 2.45) is 0 Å². The molecule has 0 atom stereocenters. The molecule has 0 spiro atoms. The highest BCUT2D eigenvalue weighted by Gasteiger charge is 2.42. The van der Waals surface area contributed by atoms with Gasteiger partial charge in [0.15, 0.2) is 0 Å². The van der Waals surface area contributed by atoms with Crippen molar-refractivity contribution in [1.82, 2.24) is 0 Å². The van der Waals surface area contributed by atoms with Gasteiger partial charge >= 0.3 is 6.85 Å². The summed E-state index contributed by atoms with van der Waals surface area (Å²) in [4.78, 5) is 2.58. The minimum atomic E-state index is 0.0606. The first-order valence-electron chi connectivity index (χ1n) is 17.9. The minimum absolute atomic E-state index is 0.0606. The number of nitrogens with zero attached hydrogens (tertiary/aromatic N) is 1. The summed E-state index contributed by atoms with van der Waals surface area (Å²) in [5.41, 5.74) is 17.0. The number of rotatable bonds is 2. The number of fused-ring (bicyclic) bond motifs is 17. The lowest BCUT2D eigenvalue weighted by molar-refractivity contribution is 0.669. The normalized spacial score (nSPS) is 12.9. The van der Waals surface area contributed by atoms with Gasteiger partial charge in [0.1, 0.15) is 11.2 Å². The first-order valence-corrected chi connectivity index (χ1v) is 18.7. The van der Waals surface area contributed by atoms with E-state index in [9.17, 15) is 0 Å². The smallest absolute Gasteiger partial charge is 0.329 e. The summed E-state index contributed by atoms with van der Waals surface area (Å²) in [5.74, 6) is 0. The molecule has 52 heavy (non-hydrogen) atoms. The molecule has 2 nitrogen and oxygen atoms in total. The van der Waals surface area contributed by atoms with Crippen molar-refractivity contribution < 1.29 is 4.42 Å². The molecule has 0 N–H and O–H groups in total. The highest BCUT2D eigenvalue weighted by atomic mass is 32.1. The lowest BCUT2D eigenvalue weighted by Gasteiger charge is -2.43. The van der Waals surface area contributed by atoms with Gasteiger partial charge in [-0.2, -0.15) is 0 Å². The van der Waals surface area contributed by atoms with Gasteiger partial charge < -0.3 is 9.23 Å². The molecule has 4 heterocycles. The molecular weight excluding hydrogens is 649 g/mol. The number of para-hydroxylation sites is 2. The van der Waals surface area contributed by atoms with Gasteiger partial charge in [0.25, 0.3) is 0 Å². The van der Waals surface area contributed by atoms with Crippen LogP contribution in [-0.4, -0.2) is 6.85 Å². The number of hydrogen-bond donors (Lipinski definition) is 0. The Morgan fingerprint density at radius 3 is 1.90 bits per heavy atom. The summed E-state index contributed by atoms with van der Waals surface area (Å²) >= 11 is 1.87. The number of hydrogen-bond acceptors (Lipinski definition) is 3. The zero-order chi connectivity index (χ0) is 33.9. The second-order valence-electron chi connectivity index (χ2n) is 14.0. The van der Waals surface area contributed by atoms with E-state index >= 15 is 0 Å². The third-order valence-corrected chi connectivity index (χ3v) is 12.4. The maximum Gasteiger partial charge on any atom is 0.329 e. The molecule has 2 aliphatic heterocycles. The van der Waals surface area contributed by atoms with Gasteiger partial charge in [-0.1, -0.05) is 109 Å². The zero-order valence-corrected chi connectivity index (χ0v) is 28.8. The Hall–Kier alpha value is -6.36. The van der Waals surface area contributed by atoms with Crippen molar-refractivity contribution in [3.8, 4) is 44.5 Å². The van der Waals surface area contributed by atoms with Crippen LogP contribution in [0.1, 0.15) is 0 Å². The van der Waals surface area contributed by atoms with Crippen LogP contribution in [0, 0.1) is 0 Å². The predicted molar refractivity (Wildman–Crippen MR) is 222 cm³/mol. The lowest BCUT2D eigenvalue weighted by atomic mass is 9.43. The standard InChI is InChI=1S/C48H28BNOS/c1-5-13-41-33(9-1)38-26-30(31-19-23-46-39(27-31)35-11-3-7-15-45(35)51-46)18-22-44(38)50-43-14-6-2-10-34(43)37-25-29(17-21-42(37)49(41)50)32-20-24-48-40(28-32)36-12-4-8-16-47(36)52-48/h1-28H. The monoisotopic (exact) mass is 677 g/mol. The SMILES string of the molecule is c1ccc2c(c1)B1c3ccc(-c4ccc5sc6ccccc6c5c4)cc3-c3ccccc3N1c1ccc(-c3ccc4oc5ccccc5c4c3)cc1-2. The van der Waals surface area contributed by atoms with Crippen LogP contribution >= 0.6 is 11.3 Å². The molecule has 8 aromatic carbocycles. The molecule has 0 aliphatic carbocycles. The van der Waals surface area contributed by atoms with Crippen LogP contribution in [0.4, 0.5) is 11.4 Å². The fourth-order valence-electron chi connectivity index (χ4n) is 8.91. The van der Waals surface area contributed by atoms with E-state index in [-0.39, 0.29) is 6.85 Å².